The molecule has 23 heavy (non-hydrogen) atoms. The number of aryl methyl sites for hydroxylation is 1. The van der Waals surface area contributed by atoms with Gasteiger partial charge in [-0.25, -0.2) is 4.79 Å². The largest absolute Gasteiger partial charge is 0.376 e. The first-order valence-corrected chi connectivity index (χ1v) is 8.74. The molecule has 1 aromatic heterocycles. The number of hydrogen-bond acceptors (Lipinski definition) is 3. The molecule has 126 valence electrons. The highest BCUT2D eigenvalue weighted by Crippen LogP contribution is 2.42. The Hall–Kier alpha value is -1.56. The number of carbonyl (C=O) groups is 1. The van der Waals surface area contributed by atoms with Gasteiger partial charge in [0.25, 0.3) is 0 Å². The summed E-state index contributed by atoms with van der Waals surface area (Å²) in [6.45, 7) is 6.12. The normalized spacial score (nSPS) is 32.3. The predicted octanol–water partition coefficient (Wildman–Crippen LogP) is 1.87. The minimum atomic E-state index is 0.0711. The van der Waals surface area contributed by atoms with E-state index in [1.807, 2.05) is 11.1 Å². The number of aromatic amines is 1. The summed E-state index contributed by atoms with van der Waals surface area (Å²) in [5.41, 5.74) is 2.61. The number of fused-ring (bicyclic) bond motifs is 1. The smallest absolute Gasteiger partial charge is 0.318 e. The van der Waals surface area contributed by atoms with E-state index in [0.29, 0.717) is 0 Å². The summed E-state index contributed by atoms with van der Waals surface area (Å²) in [6.07, 6.45) is 7.08. The molecule has 6 heteroatoms. The molecule has 6 nitrogen and oxygen atoms in total. The van der Waals surface area contributed by atoms with Crippen LogP contribution in [-0.2, 0) is 17.6 Å². The lowest BCUT2D eigenvalue weighted by Crippen LogP contribution is -2.70. The molecule has 0 bridgehead atoms. The maximum absolute atomic E-state index is 12.7. The fourth-order valence-corrected chi connectivity index (χ4v) is 4.49. The van der Waals surface area contributed by atoms with Crippen LogP contribution in [0.15, 0.2) is 6.20 Å². The topological polar surface area (TPSA) is 70.2 Å². The number of H-pyrrole nitrogens is 1. The van der Waals surface area contributed by atoms with Crippen LogP contribution in [0.4, 0.5) is 4.79 Å². The zero-order chi connectivity index (χ0) is 16.0. The Balaban J connectivity index is 1.39. The van der Waals surface area contributed by atoms with Crippen molar-refractivity contribution in [1.82, 2.24) is 20.4 Å². The maximum Gasteiger partial charge on any atom is 0.318 e. The third-order valence-electron chi connectivity index (χ3n) is 5.64. The van der Waals surface area contributed by atoms with Crippen LogP contribution in [0.25, 0.3) is 0 Å². The number of rotatable bonds is 2. The number of ether oxygens (including phenoxy) is 1. The van der Waals surface area contributed by atoms with Crippen molar-refractivity contribution in [2.75, 3.05) is 13.2 Å². The molecule has 1 aliphatic carbocycles. The molecule has 3 aliphatic rings. The molecule has 2 aliphatic heterocycles. The fraction of sp³-hybridized carbons (Fsp3) is 0.765. The lowest BCUT2D eigenvalue weighted by Gasteiger charge is -2.56. The number of nitrogens with zero attached hydrogens (tertiary/aromatic N) is 2. The minimum Gasteiger partial charge on any atom is -0.376 e. The van der Waals surface area contributed by atoms with Crippen molar-refractivity contribution in [2.45, 2.75) is 64.1 Å². The van der Waals surface area contributed by atoms with Crippen LogP contribution in [0.3, 0.4) is 0 Å². The molecule has 3 unspecified atom stereocenters. The third-order valence-corrected chi connectivity index (χ3v) is 5.64. The third kappa shape index (κ3) is 2.63. The first-order valence-electron chi connectivity index (χ1n) is 8.74. The van der Waals surface area contributed by atoms with Gasteiger partial charge in [0.15, 0.2) is 0 Å². The van der Waals surface area contributed by atoms with Crippen LogP contribution >= 0.6 is 0 Å². The van der Waals surface area contributed by atoms with E-state index in [1.54, 1.807) is 0 Å². The number of aromatic nitrogens is 2. The Morgan fingerprint density at radius 2 is 2.35 bits per heavy atom. The molecule has 4 rings (SSSR count). The summed E-state index contributed by atoms with van der Waals surface area (Å²) in [5, 5.41) is 10.4. The van der Waals surface area contributed by atoms with Gasteiger partial charge >= 0.3 is 6.03 Å². The number of amides is 2. The van der Waals surface area contributed by atoms with Crippen LogP contribution in [0.5, 0.6) is 0 Å². The number of urea groups is 1. The highest BCUT2D eigenvalue weighted by Gasteiger charge is 2.53. The highest BCUT2D eigenvalue weighted by molar-refractivity contribution is 5.76. The van der Waals surface area contributed by atoms with Gasteiger partial charge in [-0.2, -0.15) is 5.10 Å². The molecule has 0 aromatic carbocycles. The second-order valence-electron chi connectivity index (χ2n) is 7.88. The van der Waals surface area contributed by atoms with E-state index in [1.165, 1.54) is 11.3 Å². The van der Waals surface area contributed by atoms with Gasteiger partial charge in [-0.05, 0) is 37.7 Å². The average molecular weight is 318 g/mol. The molecule has 2 saturated heterocycles. The average Bonchev–Trinajstić information content (AvgIpc) is 3.15. The number of carbonyl (C=O) groups excluding carboxylic acids is 1. The molecular weight excluding hydrogens is 292 g/mol. The van der Waals surface area contributed by atoms with Gasteiger partial charge in [-0.15, -0.1) is 0 Å². The van der Waals surface area contributed by atoms with Gasteiger partial charge in [-0.1, -0.05) is 13.8 Å². The SMILES string of the molecule is CC1(C)CN(C(=O)NC2CCc3[nH]ncc3C2)C1C1CCCO1. The van der Waals surface area contributed by atoms with Crippen LogP contribution < -0.4 is 5.32 Å². The van der Waals surface area contributed by atoms with E-state index < -0.39 is 0 Å². The molecule has 2 amide bonds. The lowest BCUT2D eigenvalue weighted by atomic mass is 9.72. The number of likely N-dealkylation sites (tertiary alicyclic amines) is 1. The Morgan fingerprint density at radius 3 is 3.09 bits per heavy atom. The highest BCUT2D eigenvalue weighted by atomic mass is 16.5. The zero-order valence-electron chi connectivity index (χ0n) is 14.0. The summed E-state index contributed by atoms with van der Waals surface area (Å²) in [5.74, 6) is 0. The molecule has 0 spiro atoms. The van der Waals surface area contributed by atoms with Crippen molar-refractivity contribution in [3.05, 3.63) is 17.5 Å². The van der Waals surface area contributed by atoms with E-state index in [-0.39, 0.29) is 29.6 Å². The summed E-state index contributed by atoms with van der Waals surface area (Å²) >= 11 is 0. The van der Waals surface area contributed by atoms with E-state index in [0.717, 1.165) is 45.3 Å². The standard InChI is InChI=1S/C17H26N4O2/c1-17(2)10-21(15(17)14-4-3-7-23-14)16(22)19-12-5-6-13-11(8-12)9-18-20-13/h9,12,14-15H,3-8,10H2,1-2H3,(H,18,20)(H,19,22). The predicted molar refractivity (Wildman–Crippen MR) is 86.2 cm³/mol. The first-order chi connectivity index (χ1) is 11.0. The van der Waals surface area contributed by atoms with Gasteiger partial charge < -0.3 is 15.0 Å². The van der Waals surface area contributed by atoms with Crippen molar-refractivity contribution >= 4 is 6.03 Å². The monoisotopic (exact) mass is 318 g/mol. The van der Waals surface area contributed by atoms with E-state index in [4.69, 9.17) is 4.74 Å². The van der Waals surface area contributed by atoms with Gasteiger partial charge in [0.05, 0.1) is 18.3 Å². The van der Waals surface area contributed by atoms with Crippen molar-refractivity contribution in [1.29, 1.82) is 0 Å². The van der Waals surface area contributed by atoms with Gasteiger partial charge in [0.1, 0.15) is 0 Å². The molecule has 2 N–H and O–H groups in total. The number of hydrogen-bond donors (Lipinski definition) is 2. The minimum absolute atomic E-state index is 0.0711. The molecular formula is C17H26N4O2. The van der Waals surface area contributed by atoms with Crippen molar-refractivity contribution in [3.8, 4) is 0 Å². The molecule has 2 fully saturated rings. The van der Waals surface area contributed by atoms with Gasteiger partial charge in [0, 0.05) is 30.3 Å². The summed E-state index contributed by atoms with van der Waals surface area (Å²) < 4.78 is 5.86. The Kier molecular flexibility index (Phi) is 3.59. The molecule has 0 radical (unpaired) electrons. The van der Waals surface area contributed by atoms with Gasteiger partial charge in [0.2, 0.25) is 0 Å². The summed E-state index contributed by atoms with van der Waals surface area (Å²) in [6, 6.07) is 0.487. The molecule has 3 atom stereocenters. The van der Waals surface area contributed by atoms with E-state index in [9.17, 15) is 4.79 Å². The second-order valence-corrected chi connectivity index (χ2v) is 7.88. The Labute approximate surface area is 137 Å². The Bertz CT molecular complexity index is 591. The van der Waals surface area contributed by atoms with Crippen LogP contribution in [0.2, 0.25) is 0 Å². The molecule has 1 aromatic rings. The van der Waals surface area contributed by atoms with Gasteiger partial charge in [-0.3, -0.25) is 5.10 Å². The van der Waals surface area contributed by atoms with Crippen molar-refractivity contribution in [3.63, 3.8) is 0 Å². The molecule has 0 saturated carbocycles. The lowest BCUT2D eigenvalue weighted by molar-refractivity contribution is -0.0914. The fourth-order valence-electron chi connectivity index (χ4n) is 4.49. The van der Waals surface area contributed by atoms with Crippen molar-refractivity contribution in [2.24, 2.45) is 5.41 Å². The Morgan fingerprint density at radius 1 is 1.48 bits per heavy atom. The maximum atomic E-state index is 12.7. The van der Waals surface area contributed by atoms with E-state index >= 15 is 0 Å². The van der Waals surface area contributed by atoms with E-state index in [2.05, 4.69) is 29.4 Å². The molecule has 3 heterocycles. The second kappa shape index (κ2) is 5.51. The zero-order valence-corrected chi connectivity index (χ0v) is 14.0. The van der Waals surface area contributed by atoms with Crippen molar-refractivity contribution < 1.29 is 9.53 Å². The van der Waals surface area contributed by atoms with Crippen LogP contribution in [0.1, 0.15) is 44.4 Å². The van der Waals surface area contributed by atoms with Crippen LogP contribution in [-0.4, -0.2) is 52.5 Å². The summed E-state index contributed by atoms with van der Waals surface area (Å²) in [4.78, 5) is 14.7. The number of nitrogens with one attached hydrogen (secondary N) is 2. The summed E-state index contributed by atoms with van der Waals surface area (Å²) in [7, 11) is 0. The quantitative estimate of drug-likeness (QED) is 0.874. The van der Waals surface area contributed by atoms with Crippen LogP contribution in [0, 0.1) is 5.41 Å². The first kappa shape index (κ1) is 15.0.